The highest BCUT2D eigenvalue weighted by molar-refractivity contribution is 5.81. The first kappa shape index (κ1) is 13.7. The zero-order chi connectivity index (χ0) is 15.9. The molecule has 0 bridgehead atoms. The second kappa shape index (κ2) is 5.41. The lowest BCUT2D eigenvalue weighted by atomic mass is 9.87. The molecule has 1 aromatic carbocycles. The number of hydrogen-bond donors (Lipinski definition) is 0. The number of nitrogens with zero attached hydrogens (tertiary/aromatic N) is 2. The summed E-state index contributed by atoms with van der Waals surface area (Å²) in [6.07, 6.45) is 14.2. The van der Waals surface area contributed by atoms with Gasteiger partial charge in [0.2, 0.25) is 0 Å². The van der Waals surface area contributed by atoms with Gasteiger partial charge in [-0.15, -0.1) is 0 Å². The van der Waals surface area contributed by atoms with Gasteiger partial charge in [-0.3, -0.25) is 4.99 Å². The Morgan fingerprint density at radius 1 is 0.958 bits per heavy atom. The number of pyridine rings is 1. The summed E-state index contributed by atoms with van der Waals surface area (Å²) >= 11 is 0. The van der Waals surface area contributed by atoms with E-state index in [0.717, 1.165) is 42.6 Å². The molecule has 2 heterocycles. The summed E-state index contributed by atoms with van der Waals surface area (Å²) in [5.74, 6) is 0. The predicted octanol–water partition coefficient (Wildman–Crippen LogP) is 3.33. The Kier molecular flexibility index (Phi) is 3.08. The highest BCUT2D eigenvalue weighted by atomic mass is 14.8. The molecule has 0 unspecified atom stereocenters. The SMILES string of the molecule is C1=Cc2cc3c(nc2C=CC1)C1=C(C=c2ccccc2=NC1)CC3. The van der Waals surface area contributed by atoms with Crippen molar-refractivity contribution in [2.24, 2.45) is 4.99 Å². The number of fused-ring (bicyclic) bond motifs is 4. The van der Waals surface area contributed by atoms with Gasteiger partial charge in [-0.2, -0.15) is 0 Å². The van der Waals surface area contributed by atoms with E-state index in [1.165, 1.54) is 27.5 Å². The van der Waals surface area contributed by atoms with Gasteiger partial charge >= 0.3 is 0 Å². The second-order valence-electron chi connectivity index (χ2n) is 6.53. The van der Waals surface area contributed by atoms with Crippen LogP contribution >= 0.6 is 0 Å². The Bertz CT molecular complexity index is 1050. The highest BCUT2D eigenvalue weighted by Crippen LogP contribution is 2.33. The van der Waals surface area contributed by atoms with Gasteiger partial charge in [0.05, 0.1) is 23.3 Å². The van der Waals surface area contributed by atoms with E-state index in [1.807, 2.05) is 0 Å². The normalized spacial score (nSPS) is 17.5. The van der Waals surface area contributed by atoms with Gasteiger partial charge < -0.3 is 0 Å². The van der Waals surface area contributed by atoms with Crippen LogP contribution in [0.5, 0.6) is 0 Å². The van der Waals surface area contributed by atoms with Crippen LogP contribution in [0.3, 0.4) is 0 Å². The number of aromatic nitrogens is 1. The van der Waals surface area contributed by atoms with Gasteiger partial charge in [0.15, 0.2) is 0 Å². The van der Waals surface area contributed by atoms with Crippen LogP contribution in [0.1, 0.15) is 35.4 Å². The van der Waals surface area contributed by atoms with E-state index in [1.54, 1.807) is 0 Å². The first-order valence-corrected chi connectivity index (χ1v) is 8.59. The molecule has 0 N–H and O–H groups in total. The maximum Gasteiger partial charge on any atom is 0.0722 e. The van der Waals surface area contributed by atoms with E-state index < -0.39 is 0 Å². The molecule has 0 spiro atoms. The standard InChI is InChI=1S/C22H18N2/c1-2-6-17-13-18-11-10-15-12-16-7-4-5-8-20(16)23-14-19(15)22(18)24-21(17)9-3-1/h2-9,12-13H,1,10-11,14H2. The van der Waals surface area contributed by atoms with Gasteiger partial charge in [0.25, 0.3) is 0 Å². The minimum atomic E-state index is 0.723. The summed E-state index contributed by atoms with van der Waals surface area (Å²) in [4.78, 5) is 9.87. The Morgan fingerprint density at radius 2 is 1.88 bits per heavy atom. The number of allylic oxidation sites excluding steroid dienone is 3. The van der Waals surface area contributed by atoms with Crippen LogP contribution in [0.25, 0.3) is 23.8 Å². The molecule has 2 heteroatoms. The van der Waals surface area contributed by atoms with Crippen molar-refractivity contribution < 1.29 is 0 Å². The fourth-order valence-electron chi connectivity index (χ4n) is 3.77. The fourth-order valence-corrected chi connectivity index (χ4v) is 3.77. The van der Waals surface area contributed by atoms with E-state index in [4.69, 9.17) is 9.98 Å². The maximum atomic E-state index is 5.03. The third-order valence-corrected chi connectivity index (χ3v) is 5.02. The molecule has 1 aliphatic heterocycles. The van der Waals surface area contributed by atoms with Gasteiger partial charge in [-0.1, -0.05) is 36.4 Å². The summed E-state index contributed by atoms with van der Waals surface area (Å²) in [6, 6.07) is 10.7. The monoisotopic (exact) mass is 310 g/mol. The largest absolute Gasteiger partial charge is 0.280 e. The number of rotatable bonds is 0. The Labute approximate surface area is 141 Å². The molecule has 2 aliphatic carbocycles. The van der Waals surface area contributed by atoms with E-state index in [0.29, 0.717) is 0 Å². The molecule has 0 radical (unpaired) electrons. The number of para-hydroxylation sites is 1. The molecule has 5 rings (SSSR count). The quantitative estimate of drug-likeness (QED) is 0.733. The summed E-state index contributed by atoms with van der Waals surface area (Å²) in [5, 5.41) is 2.31. The Hall–Kier alpha value is -2.74. The van der Waals surface area contributed by atoms with E-state index in [-0.39, 0.29) is 0 Å². The molecule has 3 aliphatic rings. The average molecular weight is 310 g/mol. The van der Waals surface area contributed by atoms with Crippen molar-refractivity contribution in [3.05, 3.63) is 81.1 Å². The fraction of sp³-hybridized carbons (Fsp3) is 0.182. The first-order chi connectivity index (χ1) is 11.9. The third kappa shape index (κ3) is 2.18. The molecule has 0 saturated carbocycles. The molecule has 116 valence electrons. The molecule has 0 atom stereocenters. The molecule has 1 aromatic heterocycles. The summed E-state index contributed by atoms with van der Waals surface area (Å²) in [6.45, 7) is 0.723. The summed E-state index contributed by atoms with van der Waals surface area (Å²) in [5.41, 5.74) is 7.54. The topological polar surface area (TPSA) is 25.2 Å². The van der Waals surface area contributed by atoms with Gasteiger partial charge in [-0.05, 0) is 59.9 Å². The molecule has 2 nitrogen and oxygen atoms in total. The minimum Gasteiger partial charge on any atom is -0.280 e. The molecule has 0 amide bonds. The van der Waals surface area contributed by atoms with Crippen LogP contribution in [-0.4, -0.2) is 11.5 Å². The molecular weight excluding hydrogens is 292 g/mol. The van der Waals surface area contributed by atoms with Crippen molar-refractivity contribution in [2.45, 2.75) is 19.3 Å². The van der Waals surface area contributed by atoms with Crippen LogP contribution < -0.4 is 10.6 Å². The van der Waals surface area contributed by atoms with Crippen LogP contribution in [0.2, 0.25) is 0 Å². The van der Waals surface area contributed by atoms with Crippen molar-refractivity contribution in [1.29, 1.82) is 0 Å². The maximum absolute atomic E-state index is 5.03. The number of aryl methyl sites for hydroxylation is 1. The average Bonchev–Trinajstić information content (AvgIpc) is 2.95. The van der Waals surface area contributed by atoms with Crippen LogP contribution in [0, 0.1) is 0 Å². The van der Waals surface area contributed by atoms with E-state index in [2.05, 4.69) is 60.7 Å². The van der Waals surface area contributed by atoms with Gasteiger partial charge in [-0.25, -0.2) is 4.98 Å². The van der Waals surface area contributed by atoms with E-state index >= 15 is 0 Å². The molecule has 2 aromatic rings. The van der Waals surface area contributed by atoms with Crippen LogP contribution in [0.4, 0.5) is 0 Å². The molecule has 0 saturated heterocycles. The van der Waals surface area contributed by atoms with Gasteiger partial charge in [0, 0.05) is 11.1 Å². The zero-order valence-corrected chi connectivity index (χ0v) is 13.5. The van der Waals surface area contributed by atoms with Crippen molar-refractivity contribution in [2.75, 3.05) is 6.54 Å². The third-order valence-electron chi connectivity index (χ3n) is 5.02. The van der Waals surface area contributed by atoms with Crippen molar-refractivity contribution in [3.63, 3.8) is 0 Å². The van der Waals surface area contributed by atoms with Crippen LogP contribution in [0.15, 0.2) is 53.0 Å². The molecule has 24 heavy (non-hydrogen) atoms. The lowest BCUT2D eigenvalue weighted by Gasteiger charge is -2.21. The van der Waals surface area contributed by atoms with Crippen molar-refractivity contribution in [3.8, 4) is 0 Å². The second-order valence-corrected chi connectivity index (χ2v) is 6.53. The molecule has 0 fully saturated rings. The lowest BCUT2D eigenvalue weighted by Crippen LogP contribution is -2.23. The minimum absolute atomic E-state index is 0.723. The van der Waals surface area contributed by atoms with Crippen molar-refractivity contribution in [1.82, 2.24) is 4.98 Å². The Morgan fingerprint density at radius 3 is 2.88 bits per heavy atom. The number of benzene rings is 1. The predicted molar refractivity (Wildman–Crippen MR) is 98.7 cm³/mol. The smallest absolute Gasteiger partial charge is 0.0722 e. The van der Waals surface area contributed by atoms with Crippen LogP contribution in [-0.2, 0) is 6.42 Å². The number of hydrogen-bond acceptors (Lipinski definition) is 2. The lowest BCUT2D eigenvalue weighted by molar-refractivity contribution is 0.917. The first-order valence-electron chi connectivity index (χ1n) is 8.59. The van der Waals surface area contributed by atoms with E-state index in [9.17, 15) is 0 Å². The summed E-state index contributed by atoms with van der Waals surface area (Å²) < 4.78 is 0. The Balaban J connectivity index is 1.72. The zero-order valence-electron chi connectivity index (χ0n) is 13.5. The highest BCUT2D eigenvalue weighted by Gasteiger charge is 2.21. The van der Waals surface area contributed by atoms with Crippen molar-refractivity contribution >= 4 is 23.8 Å². The van der Waals surface area contributed by atoms with Gasteiger partial charge in [0.1, 0.15) is 0 Å². The summed E-state index contributed by atoms with van der Waals surface area (Å²) in [7, 11) is 0. The molecular formula is C22H18N2.